The molecule has 0 saturated heterocycles. The highest BCUT2D eigenvalue weighted by molar-refractivity contribution is 5.73. The summed E-state index contributed by atoms with van der Waals surface area (Å²) in [7, 11) is 0. The van der Waals surface area contributed by atoms with Crippen LogP contribution >= 0.6 is 0 Å². The normalized spacial score (nSPS) is 29.7. The number of hydrogen-bond acceptors (Lipinski definition) is 2. The predicted molar refractivity (Wildman–Crippen MR) is 40.1 cm³/mol. The summed E-state index contributed by atoms with van der Waals surface area (Å²) >= 11 is 0. The Bertz CT molecular complexity index is 227. The van der Waals surface area contributed by atoms with Crippen LogP contribution in [0.2, 0.25) is 0 Å². The van der Waals surface area contributed by atoms with Crippen LogP contribution in [0.25, 0.3) is 0 Å². The summed E-state index contributed by atoms with van der Waals surface area (Å²) in [5, 5.41) is 17.6. The number of allylic oxidation sites excluding steroid dienone is 2. The van der Waals surface area contributed by atoms with Crippen molar-refractivity contribution in [1.82, 2.24) is 0 Å². The van der Waals surface area contributed by atoms with Gasteiger partial charge in [-0.05, 0) is 18.1 Å². The largest absolute Gasteiger partial charge is 0.508 e. The SMILES string of the molecule is CC1C=CC(O)=CC1C(=O)O. The lowest BCUT2D eigenvalue weighted by Gasteiger charge is -2.16. The zero-order valence-electron chi connectivity index (χ0n) is 6.19. The molecule has 0 aromatic carbocycles. The molecule has 60 valence electrons. The first-order valence-corrected chi connectivity index (χ1v) is 3.43. The monoisotopic (exact) mass is 154 g/mol. The van der Waals surface area contributed by atoms with E-state index in [2.05, 4.69) is 0 Å². The van der Waals surface area contributed by atoms with Crippen molar-refractivity contribution < 1.29 is 15.0 Å². The van der Waals surface area contributed by atoms with Gasteiger partial charge in [-0.1, -0.05) is 13.0 Å². The number of carbonyl (C=O) groups is 1. The third-order valence-corrected chi connectivity index (χ3v) is 1.77. The molecular formula is C8H10O3. The maximum absolute atomic E-state index is 10.5. The third kappa shape index (κ3) is 1.61. The fourth-order valence-electron chi connectivity index (χ4n) is 1.06. The summed E-state index contributed by atoms with van der Waals surface area (Å²) in [6.07, 6.45) is 4.56. The van der Waals surface area contributed by atoms with Gasteiger partial charge in [0.15, 0.2) is 0 Å². The minimum Gasteiger partial charge on any atom is -0.508 e. The number of hydrogen-bond donors (Lipinski definition) is 2. The Morgan fingerprint density at radius 3 is 2.73 bits per heavy atom. The molecule has 2 unspecified atom stereocenters. The van der Waals surface area contributed by atoms with Crippen LogP contribution in [-0.4, -0.2) is 16.2 Å². The smallest absolute Gasteiger partial charge is 0.311 e. The van der Waals surface area contributed by atoms with Crippen LogP contribution in [0.5, 0.6) is 0 Å². The highest BCUT2D eigenvalue weighted by Crippen LogP contribution is 2.21. The molecule has 0 radical (unpaired) electrons. The van der Waals surface area contributed by atoms with Gasteiger partial charge >= 0.3 is 5.97 Å². The molecule has 0 aromatic heterocycles. The Morgan fingerprint density at radius 2 is 2.27 bits per heavy atom. The van der Waals surface area contributed by atoms with Crippen LogP contribution in [0, 0.1) is 11.8 Å². The van der Waals surface area contributed by atoms with E-state index in [1.165, 1.54) is 12.2 Å². The van der Waals surface area contributed by atoms with Gasteiger partial charge in [0, 0.05) is 0 Å². The summed E-state index contributed by atoms with van der Waals surface area (Å²) in [5.74, 6) is -1.48. The number of carboxylic acids is 1. The summed E-state index contributed by atoms with van der Waals surface area (Å²) < 4.78 is 0. The topological polar surface area (TPSA) is 57.5 Å². The van der Waals surface area contributed by atoms with E-state index in [0.717, 1.165) is 0 Å². The maximum atomic E-state index is 10.5. The number of rotatable bonds is 1. The van der Waals surface area contributed by atoms with Crippen LogP contribution in [0.4, 0.5) is 0 Å². The standard InChI is InChI=1S/C8H10O3/c1-5-2-3-6(9)4-7(5)8(10)11/h2-5,7,9H,1H3,(H,10,11). The maximum Gasteiger partial charge on any atom is 0.311 e. The van der Waals surface area contributed by atoms with E-state index in [0.29, 0.717) is 0 Å². The number of aliphatic hydroxyl groups is 1. The molecule has 1 aliphatic carbocycles. The lowest BCUT2D eigenvalue weighted by molar-refractivity contribution is -0.141. The van der Waals surface area contributed by atoms with Gasteiger partial charge in [-0.3, -0.25) is 4.79 Å². The van der Waals surface area contributed by atoms with Crippen molar-refractivity contribution >= 4 is 5.97 Å². The van der Waals surface area contributed by atoms with Crippen LogP contribution < -0.4 is 0 Å². The van der Waals surface area contributed by atoms with Gasteiger partial charge in [-0.2, -0.15) is 0 Å². The minimum absolute atomic E-state index is 0.0375. The first-order chi connectivity index (χ1) is 5.11. The Balaban J connectivity index is 2.81. The summed E-state index contributed by atoms with van der Waals surface area (Å²) in [6.45, 7) is 1.80. The van der Waals surface area contributed by atoms with E-state index in [4.69, 9.17) is 10.2 Å². The lowest BCUT2D eigenvalue weighted by Crippen LogP contribution is -2.20. The molecule has 0 saturated carbocycles. The second kappa shape index (κ2) is 2.78. The Morgan fingerprint density at radius 1 is 1.64 bits per heavy atom. The predicted octanol–water partition coefficient (Wildman–Crippen LogP) is 1.33. The number of carboxylic acid groups (broad SMARTS) is 1. The second-order valence-electron chi connectivity index (χ2n) is 2.67. The molecule has 1 rings (SSSR count). The van der Waals surface area contributed by atoms with E-state index in [-0.39, 0.29) is 11.7 Å². The molecule has 0 amide bonds. The molecular weight excluding hydrogens is 144 g/mol. The van der Waals surface area contributed by atoms with Gasteiger partial charge < -0.3 is 10.2 Å². The van der Waals surface area contributed by atoms with E-state index < -0.39 is 11.9 Å². The van der Waals surface area contributed by atoms with Crippen LogP contribution in [0.3, 0.4) is 0 Å². The average molecular weight is 154 g/mol. The van der Waals surface area contributed by atoms with Crippen molar-refractivity contribution in [2.24, 2.45) is 11.8 Å². The molecule has 2 N–H and O–H groups in total. The van der Waals surface area contributed by atoms with E-state index in [9.17, 15) is 4.79 Å². The lowest BCUT2D eigenvalue weighted by atomic mass is 9.90. The summed E-state index contributed by atoms with van der Waals surface area (Å²) in [4.78, 5) is 10.5. The second-order valence-corrected chi connectivity index (χ2v) is 2.67. The average Bonchev–Trinajstić information content (AvgIpc) is 1.94. The first-order valence-electron chi connectivity index (χ1n) is 3.43. The van der Waals surface area contributed by atoms with Gasteiger partial charge in [0.2, 0.25) is 0 Å². The van der Waals surface area contributed by atoms with Gasteiger partial charge in [0.25, 0.3) is 0 Å². The molecule has 3 nitrogen and oxygen atoms in total. The molecule has 0 spiro atoms. The van der Waals surface area contributed by atoms with E-state index in [1.807, 2.05) is 0 Å². The van der Waals surface area contributed by atoms with Crippen molar-refractivity contribution in [3.8, 4) is 0 Å². The van der Waals surface area contributed by atoms with Crippen LogP contribution in [-0.2, 0) is 4.79 Å². The van der Waals surface area contributed by atoms with Crippen LogP contribution in [0.15, 0.2) is 24.0 Å². The molecule has 1 aliphatic rings. The zero-order valence-corrected chi connectivity index (χ0v) is 6.19. The molecule has 2 atom stereocenters. The Kier molecular flexibility index (Phi) is 1.98. The third-order valence-electron chi connectivity index (χ3n) is 1.77. The number of aliphatic carboxylic acids is 1. The fraction of sp³-hybridized carbons (Fsp3) is 0.375. The van der Waals surface area contributed by atoms with Crippen molar-refractivity contribution in [2.75, 3.05) is 0 Å². The molecule has 0 bridgehead atoms. The van der Waals surface area contributed by atoms with Gasteiger partial charge in [-0.15, -0.1) is 0 Å². The molecule has 0 aliphatic heterocycles. The first kappa shape index (κ1) is 7.85. The highest BCUT2D eigenvalue weighted by Gasteiger charge is 2.23. The van der Waals surface area contributed by atoms with Gasteiger partial charge in [-0.25, -0.2) is 0 Å². The molecule has 0 fully saturated rings. The van der Waals surface area contributed by atoms with E-state index in [1.54, 1.807) is 13.0 Å². The van der Waals surface area contributed by atoms with Gasteiger partial charge in [0.1, 0.15) is 5.76 Å². The highest BCUT2D eigenvalue weighted by atomic mass is 16.4. The minimum atomic E-state index is -0.895. The van der Waals surface area contributed by atoms with Crippen molar-refractivity contribution in [1.29, 1.82) is 0 Å². The molecule has 3 heteroatoms. The van der Waals surface area contributed by atoms with E-state index >= 15 is 0 Å². The Labute approximate surface area is 64.7 Å². The molecule has 11 heavy (non-hydrogen) atoms. The van der Waals surface area contributed by atoms with Crippen molar-refractivity contribution in [3.63, 3.8) is 0 Å². The zero-order chi connectivity index (χ0) is 8.43. The molecule has 0 heterocycles. The summed E-state index contributed by atoms with van der Waals surface area (Å²) in [5.41, 5.74) is 0. The number of aliphatic hydroxyl groups excluding tert-OH is 1. The van der Waals surface area contributed by atoms with Crippen molar-refractivity contribution in [3.05, 3.63) is 24.0 Å². The van der Waals surface area contributed by atoms with Crippen molar-refractivity contribution in [2.45, 2.75) is 6.92 Å². The van der Waals surface area contributed by atoms with Crippen LogP contribution in [0.1, 0.15) is 6.92 Å². The fourth-order valence-corrected chi connectivity index (χ4v) is 1.06. The summed E-state index contributed by atoms with van der Waals surface area (Å²) in [6, 6.07) is 0. The molecule has 0 aromatic rings. The quantitative estimate of drug-likeness (QED) is 0.599. The van der Waals surface area contributed by atoms with Gasteiger partial charge in [0.05, 0.1) is 5.92 Å². The Hall–Kier alpha value is -1.25.